The van der Waals surface area contributed by atoms with Gasteiger partial charge in [0.05, 0.1) is 5.41 Å². The van der Waals surface area contributed by atoms with Crippen LogP contribution in [-0.4, -0.2) is 60.0 Å². The topological polar surface area (TPSA) is 60.9 Å². The number of carbonyl (C=O) groups excluding carboxylic acids is 1. The van der Waals surface area contributed by atoms with Gasteiger partial charge in [0.1, 0.15) is 0 Å². The molecule has 0 aliphatic carbocycles. The summed E-state index contributed by atoms with van der Waals surface area (Å²) >= 11 is 0. The molecule has 0 aromatic rings. The maximum Gasteiger partial charge on any atom is 0.310 e. The van der Waals surface area contributed by atoms with Crippen molar-refractivity contribution in [1.29, 1.82) is 0 Å². The minimum Gasteiger partial charge on any atom is -0.481 e. The fourth-order valence-corrected chi connectivity index (χ4v) is 2.72. The first kappa shape index (κ1) is 17.0. The summed E-state index contributed by atoms with van der Waals surface area (Å²) in [6.07, 6.45) is 3.57. The van der Waals surface area contributed by atoms with Crippen molar-refractivity contribution in [2.45, 2.75) is 46.0 Å². The predicted octanol–water partition coefficient (Wildman–Crippen LogP) is 1.82. The Morgan fingerprint density at radius 2 is 1.75 bits per heavy atom. The molecule has 1 N–H and O–H groups in total. The number of aliphatic carboxylic acids is 1. The highest BCUT2D eigenvalue weighted by Gasteiger charge is 2.37. The Morgan fingerprint density at radius 3 is 2.20 bits per heavy atom. The van der Waals surface area contributed by atoms with Crippen molar-refractivity contribution in [3.63, 3.8) is 0 Å². The molecule has 0 bridgehead atoms. The van der Waals surface area contributed by atoms with E-state index in [0.717, 1.165) is 19.6 Å². The minimum atomic E-state index is -0.904. The summed E-state index contributed by atoms with van der Waals surface area (Å²) in [5.74, 6) is -0.918. The Labute approximate surface area is 121 Å². The maximum atomic E-state index is 12.2. The van der Waals surface area contributed by atoms with Crippen LogP contribution in [-0.2, 0) is 9.59 Å². The van der Waals surface area contributed by atoms with Crippen LogP contribution in [0.2, 0.25) is 0 Å². The number of amides is 1. The molecule has 116 valence electrons. The second kappa shape index (κ2) is 7.62. The molecule has 1 aliphatic rings. The van der Waals surface area contributed by atoms with Crippen LogP contribution in [0.5, 0.6) is 0 Å². The smallest absolute Gasteiger partial charge is 0.310 e. The van der Waals surface area contributed by atoms with E-state index in [1.54, 1.807) is 11.9 Å². The number of carboxylic acids is 1. The molecule has 0 atom stereocenters. The van der Waals surface area contributed by atoms with Crippen LogP contribution in [0.15, 0.2) is 0 Å². The lowest BCUT2D eigenvalue weighted by Crippen LogP contribution is -2.40. The molecule has 1 saturated heterocycles. The molecule has 0 unspecified atom stereocenters. The molecule has 0 spiro atoms. The quantitative estimate of drug-likeness (QED) is 0.738. The summed E-state index contributed by atoms with van der Waals surface area (Å²) in [5.41, 5.74) is -0.904. The van der Waals surface area contributed by atoms with Crippen LogP contribution in [0, 0.1) is 5.41 Å². The zero-order valence-corrected chi connectivity index (χ0v) is 13.0. The van der Waals surface area contributed by atoms with Gasteiger partial charge in [-0.25, -0.2) is 0 Å². The number of hydrogen-bond acceptors (Lipinski definition) is 3. The van der Waals surface area contributed by atoms with Gasteiger partial charge in [-0.2, -0.15) is 0 Å². The average Bonchev–Trinajstić information content (AvgIpc) is 2.94. The normalized spacial score (nSPS) is 16.4. The van der Waals surface area contributed by atoms with Gasteiger partial charge in [0.15, 0.2) is 0 Å². The summed E-state index contributed by atoms with van der Waals surface area (Å²) in [6.45, 7) is 7.49. The highest BCUT2D eigenvalue weighted by molar-refractivity contribution is 5.84. The number of nitrogens with zero attached hydrogens (tertiary/aromatic N) is 2. The van der Waals surface area contributed by atoms with Crippen LogP contribution < -0.4 is 0 Å². The lowest BCUT2D eigenvalue weighted by Gasteiger charge is -2.29. The minimum absolute atomic E-state index is 0.0599. The second-order valence-corrected chi connectivity index (χ2v) is 5.83. The van der Waals surface area contributed by atoms with Crippen molar-refractivity contribution in [1.82, 2.24) is 9.80 Å². The maximum absolute atomic E-state index is 12.2. The number of likely N-dealkylation sites (tertiary alicyclic amines) is 1. The Bertz CT molecular complexity index is 334. The first-order valence-corrected chi connectivity index (χ1v) is 7.65. The standard InChI is InChI=1S/C15H28N2O3/c1-4-15(5-2,14(19)20)12-13(18)16(3)10-11-17-8-6-7-9-17/h4-12H2,1-3H3,(H,19,20). The monoisotopic (exact) mass is 284 g/mol. The zero-order valence-electron chi connectivity index (χ0n) is 13.0. The van der Waals surface area contributed by atoms with Gasteiger partial charge in [-0.15, -0.1) is 0 Å². The average molecular weight is 284 g/mol. The summed E-state index contributed by atoms with van der Waals surface area (Å²) in [6, 6.07) is 0. The second-order valence-electron chi connectivity index (χ2n) is 5.83. The fraction of sp³-hybridized carbons (Fsp3) is 0.867. The Balaban J connectivity index is 2.48. The molecular weight excluding hydrogens is 256 g/mol. The molecule has 0 aromatic heterocycles. The molecule has 1 rings (SSSR count). The molecule has 1 heterocycles. The summed E-state index contributed by atoms with van der Waals surface area (Å²) in [5, 5.41) is 9.38. The van der Waals surface area contributed by atoms with Gasteiger partial charge in [-0.1, -0.05) is 13.8 Å². The summed E-state index contributed by atoms with van der Waals surface area (Å²) in [4.78, 5) is 27.7. The summed E-state index contributed by atoms with van der Waals surface area (Å²) in [7, 11) is 1.77. The van der Waals surface area contributed by atoms with E-state index in [1.807, 2.05) is 13.8 Å². The Morgan fingerprint density at radius 1 is 1.20 bits per heavy atom. The number of carbonyl (C=O) groups is 2. The van der Waals surface area contributed by atoms with E-state index in [4.69, 9.17) is 0 Å². The van der Waals surface area contributed by atoms with Gasteiger partial charge in [0, 0.05) is 26.6 Å². The number of likely N-dealkylation sites (N-methyl/N-ethyl adjacent to an activating group) is 1. The van der Waals surface area contributed by atoms with Gasteiger partial charge in [0.25, 0.3) is 0 Å². The zero-order chi connectivity index (χ0) is 15.2. The molecule has 0 radical (unpaired) electrons. The summed E-state index contributed by atoms with van der Waals surface area (Å²) < 4.78 is 0. The molecule has 1 amide bonds. The van der Waals surface area contributed by atoms with Crippen molar-refractivity contribution in [2.75, 3.05) is 33.2 Å². The highest BCUT2D eigenvalue weighted by Crippen LogP contribution is 2.31. The third kappa shape index (κ3) is 4.20. The van der Waals surface area contributed by atoms with Crippen molar-refractivity contribution >= 4 is 11.9 Å². The van der Waals surface area contributed by atoms with E-state index in [-0.39, 0.29) is 12.3 Å². The van der Waals surface area contributed by atoms with E-state index in [2.05, 4.69) is 4.90 Å². The Hall–Kier alpha value is -1.10. The lowest BCUT2D eigenvalue weighted by atomic mass is 9.79. The third-order valence-electron chi connectivity index (χ3n) is 4.67. The van der Waals surface area contributed by atoms with Crippen LogP contribution in [0.4, 0.5) is 0 Å². The SMILES string of the molecule is CCC(CC)(CC(=O)N(C)CCN1CCCC1)C(=O)O. The lowest BCUT2D eigenvalue weighted by molar-refractivity contribution is -0.154. The van der Waals surface area contributed by atoms with Crippen LogP contribution in [0.25, 0.3) is 0 Å². The fourth-order valence-electron chi connectivity index (χ4n) is 2.72. The van der Waals surface area contributed by atoms with Crippen molar-refractivity contribution < 1.29 is 14.7 Å². The first-order valence-electron chi connectivity index (χ1n) is 7.65. The van der Waals surface area contributed by atoms with E-state index < -0.39 is 11.4 Å². The van der Waals surface area contributed by atoms with Crippen molar-refractivity contribution in [3.8, 4) is 0 Å². The number of carboxylic acid groups (broad SMARTS) is 1. The highest BCUT2D eigenvalue weighted by atomic mass is 16.4. The molecular formula is C15H28N2O3. The van der Waals surface area contributed by atoms with Gasteiger partial charge >= 0.3 is 5.97 Å². The van der Waals surface area contributed by atoms with Crippen LogP contribution >= 0.6 is 0 Å². The predicted molar refractivity (Wildman–Crippen MR) is 78.6 cm³/mol. The van der Waals surface area contributed by atoms with Crippen LogP contribution in [0.1, 0.15) is 46.0 Å². The van der Waals surface area contributed by atoms with Gasteiger partial charge < -0.3 is 14.9 Å². The number of rotatable bonds is 8. The largest absolute Gasteiger partial charge is 0.481 e. The van der Waals surface area contributed by atoms with Crippen molar-refractivity contribution in [3.05, 3.63) is 0 Å². The molecule has 0 saturated carbocycles. The van der Waals surface area contributed by atoms with Gasteiger partial charge in [-0.05, 0) is 38.8 Å². The van der Waals surface area contributed by atoms with Crippen molar-refractivity contribution in [2.24, 2.45) is 5.41 Å². The van der Waals surface area contributed by atoms with Gasteiger partial charge in [0.2, 0.25) is 5.91 Å². The first-order chi connectivity index (χ1) is 9.45. The van der Waals surface area contributed by atoms with E-state index >= 15 is 0 Å². The molecule has 1 fully saturated rings. The van der Waals surface area contributed by atoms with Gasteiger partial charge in [-0.3, -0.25) is 9.59 Å². The van der Waals surface area contributed by atoms with E-state index in [1.165, 1.54) is 12.8 Å². The molecule has 1 aliphatic heterocycles. The molecule has 20 heavy (non-hydrogen) atoms. The van der Waals surface area contributed by atoms with E-state index in [9.17, 15) is 14.7 Å². The van der Waals surface area contributed by atoms with E-state index in [0.29, 0.717) is 19.4 Å². The third-order valence-corrected chi connectivity index (χ3v) is 4.67. The molecule has 5 heteroatoms. The Kier molecular flexibility index (Phi) is 6.46. The molecule has 0 aromatic carbocycles. The van der Waals surface area contributed by atoms with Crippen LogP contribution in [0.3, 0.4) is 0 Å². The number of hydrogen-bond donors (Lipinski definition) is 1. The molecule has 5 nitrogen and oxygen atoms in total.